The van der Waals surface area contributed by atoms with E-state index in [0.29, 0.717) is 45.9 Å². The number of anilines is 1. The third-order valence-electron chi connectivity index (χ3n) is 6.01. The Morgan fingerprint density at radius 3 is 2.61 bits per heavy atom. The minimum Gasteiger partial charge on any atom is -0.336 e. The number of pyridine rings is 4. The van der Waals surface area contributed by atoms with Crippen molar-refractivity contribution in [2.45, 2.75) is 20.3 Å². The number of aromatic amines is 2. The van der Waals surface area contributed by atoms with Gasteiger partial charge >= 0.3 is 0 Å². The number of rotatable bonds is 6. The van der Waals surface area contributed by atoms with Gasteiger partial charge in [0.1, 0.15) is 16.9 Å². The number of hydrogen-bond donors (Lipinski definition) is 3. The minimum atomic E-state index is -0.577. The molecule has 10 nitrogen and oxygen atoms in total. The quantitative estimate of drug-likeness (QED) is 0.284. The van der Waals surface area contributed by atoms with E-state index in [9.17, 15) is 4.79 Å². The van der Waals surface area contributed by atoms with Crippen LogP contribution in [0.1, 0.15) is 20.3 Å². The lowest BCUT2D eigenvalue weighted by molar-refractivity contribution is -0.116. The first-order valence-corrected chi connectivity index (χ1v) is 12.0. The van der Waals surface area contributed by atoms with Crippen molar-refractivity contribution in [2.24, 2.45) is 5.92 Å². The molecule has 0 aliphatic carbocycles. The zero-order valence-electron chi connectivity index (χ0n) is 20.5. The molecular formula is C27H22FN9O. The minimum absolute atomic E-state index is 0.0860. The zero-order chi connectivity index (χ0) is 26.2. The van der Waals surface area contributed by atoms with Crippen molar-refractivity contribution in [2.75, 3.05) is 5.32 Å². The summed E-state index contributed by atoms with van der Waals surface area (Å²) in [6, 6.07) is 7.16. The van der Waals surface area contributed by atoms with Gasteiger partial charge in [0.15, 0.2) is 11.6 Å². The maximum absolute atomic E-state index is 16.0. The Bertz CT molecular complexity index is 1790. The molecule has 0 saturated carbocycles. The van der Waals surface area contributed by atoms with E-state index in [4.69, 9.17) is 4.98 Å². The van der Waals surface area contributed by atoms with E-state index in [1.54, 1.807) is 30.7 Å². The Labute approximate surface area is 215 Å². The summed E-state index contributed by atoms with van der Waals surface area (Å²) in [6.07, 6.45) is 9.97. The monoisotopic (exact) mass is 507 g/mol. The number of carbonyl (C=O) groups is 1. The van der Waals surface area contributed by atoms with Crippen molar-refractivity contribution in [3.63, 3.8) is 0 Å². The summed E-state index contributed by atoms with van der Waals surface area (Å²) in [5.74, 6) is -0.113. The fraction of sp³-hybridized carbons (Fsp3) is 0.148. The van der Waals surface area contributed by atoms with Gasteiger partial charge in [0.05, 0.1) is 40.2 Å². The Kier molecular flexibility index (Phi) is 5.79. The number of H-pyrrole nitrogens is 2. The van der Waals surface area contributed by atoms with Gasteiger partial charge in [-0.3, -0.25) is 29.8 Å². The molecule has 6 heterocycles. The molecule has 0 aromatic carbocycles. The van der Waals surface area contributed by atoms with E-state index in [1.807, 2.05) is 26.0 Å². The van der Waals surface area contributed by atoms with Crippen molar-refractivity contribution in [3.05, 3.63) is 67.3 Å². The number of nitrogens with one attached hydrogen (secondary N) is 3. The Morgan fingerprint density at radius 1 is 0.947 bits per heavy atom. The van der Waals surface area contributed by atoms with Crippen molar-refractivity contribution in [3.8, 4) is 34.0 Å². The molecule has 0 spiro atoms. The van der Waals surface area contributed by atoms with E-state index in [0.717, 1.165) is 11.1 Å². The molecule has 11 heteroatoms. The summed E-state index contributed by atoms with van der Waals surface area (Å²) in [4.78, 5) is 37.2. The van der Waals surface area contributed by atoms with Crippen LogP contribution in [-0.2, 0) is 4.79 Å². The number of carbonyl (C=O) groups excluding carboxylic acids is 1. The molecule has 0 aliphatic rings. The van der Waals surface area contributed by atoms with Crippen LogP contribution in [-0.4, -0.2) is 46.0 Å². The summed E-state index contributed by atoms with van der Waals surface area (Å²) in [6.45, 7) is 3.92. The lowest BCUT2D eigenvalue weighted by Gasteiger charge is -2.09. The van der Waals surface area contributed by atoms with Gasteiger partial charge in [-0.25, -0.2) is 9.37 Å². The standard InChI is InChI=1S/C27H22FN9O/c1-14(2)9-20(38)33-17-10-16(11-30-12-17)23-22(28)21-19(13-32-23)36-37-26(21)27-34-18-5-8-31-24(25(18)35-27)15-3-6-29-7-4-15/h3-8,10-14H,9H2,1-2H3,(H,33,38)(H,34,35)(H,36,37). The van der Waals surface area contributed by atoms with E-state index < -0.39 is 5.82 Å². The highest BCUT2D eigenvalue weighted by Crippen LogP contribution is 2.34. The van der Waals surface area contributed by atoms with Crippen LogP contribution in [0.25, 0.3) is 56.0 Å². The van der Waals surface area contributed by atoms with E-state index in [-0.39, 0.29) is 22.9 Å². The van der Waals surface area contributed by atoms with Gasteiger partial charge in [-0.15, -0.1) is 0 Å². The van der Waals surface area contributed by atoms with Crippen molar-refractivity contribution in [1.82, 2.24) is 40.1 Å². The van der Waals surface area contributed by atoms with Crippen LogP contribution in [0.2, 0.25) is 0 Å². The molecule has 6 aromatic rings. The summed E-state index contributed by atoms with van der Waals surface area (Å²) >= 11 is 0. The van der Waals surface area contributed by atoms with Gasteiger partial charge in [-0.05, 0) is 30.2 Å². The van der Waals surface area contributed by atoms with Crippen molar-refractivity contribution >= 4 is 33.5 Å². The number of aromatic nitrogens is 8. The highest BCUT2D eigenvalue weighted by Gasteiger charge is 2.21. The lowest BCUT2D eigenvalue weighted by Crippen LogP contribution is -2.14. The average Bonchev–Trinajstić information content (AvgIpc) is 3.54. The van der Waals surface area contributed by atoms with Gasteiger partial charge < -0.3 is 10.3 Å². The van der Waals surface area contributed by atoms with Crippen LogP contribution in [0.5, 0.6) is 0 Å². The Balaban J connectivity index is 1.42. The predicted octanol–water partition coefficient (Wildman–Crippen LogP) is 5.14. The Hall–Kier alpha value is -5.06. The van der Waals surface area contributed by atoms with E-state index >= 15 is 4.39 Å². The lowest BCUT2D eigenvalue weighted by atomic mass is 10.1. The second kappa shape index (κ2) is 9.43. The highest BCUT2D eigenvalue weighted by atomic mass is 19.1. The number of imidazole rings is 1. The van der Waals surface area contributed by atoms with Gasteiger partial charge in [0.25, 0.3) is 0 Å². The van der Waals surface area contributed by atoms with Crippen LogP contribution in [0.3, 0.4) is 0 Å². The van der Waals surface area contributed by atoms with Crippen molar-refractivity contribution in [1.29, 1.82) is 0 Å². The Morgan fingerprint density at radius 2 is 1.79 bits per heavy atom. The molecular weight excluding hydrogens is 485 g/mol. The molecule has 0 bridgehead atoms. The van der Waals surface area contributed by atoms with Crippen LogP contribution >= 0.6 is 0 Å². The third kappa shape index (κ3) is 4.23. The fourth-order valence-electron chi connectivity index (χ4n) is 4.34. The molecule has 0 unspecified atom stereocenters. The van der Waals surface area contributed by atoms with Crippen LogP contribution in [0, 0.1) is 11.7 Å². The zero-order valence-corrected chi connectivity index (χ0v) is 20.5. The first-order chi connectivity index (χ1) is 18.5. The van der Waals surface area contributed by atoms with Gasteiger partial charge in [0, 0.05) is 42.3 Å². The molecule has 0 saturated heterocycles. The molecule has 6 aromatic heterocycles. The summed E-state index contributed by atoms with van der Waals surface area (Å²) in [5, 5.41) is 10.2. The second-order valence-electron chi connectivity index (χ2n) is 9.27. The maximum Gasteiger partial charge on any atom is 0.224 e. The molecule has 0 aliphatic heterocycles. The van der Waals surface area contributed by atoms with E-state index in [2.05, 4.69) is 40.4 Å². The molecule has 38 heavy (non-hydrogen) atoms. The fourth-order valence-corrected chi connectivity index (χ4v) is 4.34. The first kappa shape index (κ1) is 23.3. The van der Waals surface area contributed by atoms with Crippen LogP contribution in [0.15, 0.2) is 61.4 Å². The van der Waals surface area contributed by atoms with Gasteiger partial charge in [-0.2, -0.15) is 5.10 Å². The number of amides is 1. The first-order valence-electron chi connectivity index (χ1n) is 12.0. The third-order valence-corrected chi connectivity index (χ3v) is 6.01. The molecule has 3 N–H and O–H groups in total. The van der Waals surface area contributed by atoms with Crippen LogP contribution < -0.4 is 5.32 Å². The number of nitrogens with zero attached hydrogens (tertiary/aromatic N) is 6. The molecule has 0 atom stereocenters. The summed E-state index contributed by atoms with van der Waals surface area (Å²) in [7, 11) is 0. The van der Waals surface area contributed by atoms with Gasteiger partial charge in [0.2, 0.25) is 5.91 Å². The molecule has 0 radical (unpaired) electrons. The highest BCUT2D eigenvalue weighted by molar-refractivity contribution is 5.97. The average molecular weight is 508 g/mol. The number of hydrogen-bond acceptors (Lipinski definition) is 7. The molecule has 0 fully saturated rings. The maximum atomic E-state index is 16.0. The second-order valence-corrected chi connectivity index (χ2v) is 9.27. The largest absolute Gasteiger partial charge is 0.336 e. The van der Waals surface area contributed by atoms with E-state index in [1.165, 1.54) is 18.6 Å². The molecule has 6 rings (SSSR count). The van der Waals surface area contributed by atoms with Gasteiger partial charge in [-0.1, -0.05) is 13.8 Å². The summed E-state index contributed by atoms with van der Waals surface area (Å²) in [5.41, 5.74) is 4.62. The van der Waals surface area contributed by atoms with Crippen LogP contribution in [0.4, 0.5) is 10.1 Å². The smallest absolute Gasteiger partial charge is 0.224 e. The predicted molar refractivity (Wildman–Crippen MR) is 141 cm³/mol. The molecule has 1 amide bonds. The van der Waals surface area contributed by atoms with Crippen molar-refractivity contribution < 1.29 is 9.18 Å². The SMILES string of the molecule is CC(C)CC(=O)Nc1cncc(-c2ncc3[nH]nc(-c4nc5c(-c6ccncc6)nccc5[nH]4)c3c2F)c1. The summed E-state index contributed by atoms with van der Waals surface area (Å²) < 4.78 is 16.0. The number of fused-ring (bicyclic) bond motifs is 2. The topological polar surface area (TPSA) is 138 Å². The molecule has 188 valence electrons. The normalized spacial score (nSPS) is 11.5. The number of halogens is 1.